The SMILES string of the molecule is CCC(=O)N1CCC[C@H](Cc2ccccn2)C1. The summed E-state index contributed by atoms with van der Waals surface area (Å²) < 4.78 is 0. The first kappa shape index (κ1) is 12.1. The van der Waals surface area contributed by atoms with Crippen molar-refractivity contribution in [2.45, 2.75) is 32.6 Å². The first-order chi connectivity index (χ1) is 8.29. The molecular formula is C14H20N2O. The summed E-state index contributed by atoms with van der Waals surface area (Å²) >= 11 is 0. The van der Waals surface area contributed by atoms with Crippen molar-refractivity contribution in [3.8, 4) is 0 Å². The first-order valence-corrected chi connectivity index (χ1v) is 6.47. The van der Waals surface area contributed by atoms with Gasteiger partial charge in [0.2, 0.25) is 5.91 Å². The summed E-state index contributed by atoms with van der Waals surface area (Å²) in [5, 5.41) is 0. The highest BCUT2D eigenvalue weighted by Crippen LogP contribution is 2.20. The zero-order chi connectivity index (χ0) is 12.1. The van der Waals surface area contributed by atoms with Gasteiger partial charge in [0, 0.05) is 31.4 Å². The third kappa shape index (κ3) is 3.29. The van der Waals surface area contributed by atoms with Gasteiger partial charge in [-0.15, -0.1) is 0 Å². The van der Waals surface area contributed by atoms with Gasteiger partial charge in [-0.2, -0.15) is 0 Å². The van der Waals surface area contributed by atoms with Crippen LogP contribution in [0, 0.1) is 5.92 Å². The summed E-state index contributed by atoms with van der Waals surface area (Å²) in [5.74, 6) is 0.866. The van der Waals surface area contributed by atoms with Gasteiger partial charge < -0.3 is 4.90 Å². The molecule has 1 aliphatic heterocycles. The summed E-state index contributed by atoms with van der Waals surface area (Å²) in [6.45, 7) is 3.78. The van der Waals surface area contributed by atoms with Gasteiger partial charge in [0.1, 0.15) is 0 Å². The lowest BCUT2D eigenvalue weighted by Gasteiger charge is -2.32. The van der Waals surface area contributed by atoms with Gasteiger partial charge >= 0.3 is 0 Å². The lowest BCUT2D eigenvalue weighted by atomic mass is 9.93. The smallest absolute Gasteiger partial charge is 0.222 e. The molecule has 3 heteroatoms. The van der Waals surface area contributed by atoms with Crippen molar-refractivity contribution in [2.75, 3.05) is 13.1 Å². The van der Waals surface area contributed by atoms with Crippen LogP contribution in [0.2, 0.25) is 0 Å². The molecule has 1 aliphatic rings. The number of rotatable bonds is 3. The van der Waals surface area contributed by atoms with Crippen LogP contribution in [-0.4, -0.2) is 28.9 Å². The van der Waals surface area contributed by atoms with Gasteiger partial charge in [0.15, 0.2) is 0 Å². The van der Waals surface area contributed by atoms with E-state index in [1.54, 1.807) is 0 Å². The zero-order valence-corrected chi connectivity index (χ0v) is 10.4. The average molecular weight is 232 g/mol. The van der Waals surface area contributed by atoms with Gasteiger partial charge in [-0.1, -0.05) is 13.0 Å². The van der Waals surface area contributed by atoms with E-state index < -0.39 is 0 Å². The second kappa shape index (κ2) is 5.80. The molecule has 1 fully saturated rings. The van der Waals surface area contributed by atoms with Gasteiger partial charge in [-0.25, -0.2) is 0 Å². The van der Waals surface area contributed by atoms with Crippen molar-refractivity contribution in [1.29, 1.82) is 0 Å². The molecule has 0 spiro atoms. The maximum absolute atomic E-state index is 11.7. The van der Waals surface area contributed by atoms with Crippen LogP contribution in [0.15, 0.2) is 24.4 Å². The third-order valence-electron chi connectivity index (χ3n) is 3.40. The van der Waals surface area contributed by atoms with E-state index in [-0.39, 0.29) is 5.91 Å². The van der Waals surface area contributed by atoms with E-state index in [0.717, 1.165) is 31.6 Å². The Morgan fingerprint density at radius 2 is 2.41 bits per heavy atom. The van der Waals surface area contributed by atoms with Crippen molar-refractivity contribution in [2.24, 2.45) is 5.92 Å². The number of carbonyl (C=O) groups is 1. The lowest BCUT2D eigenvalue weighted by molar-refractivity contribution is -0.132. The predicted molar refractivity (Wildman–Crippen MR) is 67.5 cm³/mol. The van der Waals surface area contributed by atoms with E-state index in [0.29, 0.717) is 12.3 Å². The molecule has 92 valence electrons. The summed E-state index contributed by atoms with van der Waals surface area (Å²) in [6.07, 6.45) is 5.80. The molecule has 17 heavy (non-hydrogen) atoms. The van der Waals surface area contributed by atoms with E-state index in [1.807, 2.05) is 30.2 Å². The number of pyridine rings is 1. The number of piperidine rings is 1. The van der Waals surface area contributed by atoms with Crippen LogP contribution in [-0.2, 0) is 11.2 Å². The van der Waals surface area contributed by atoms with E-state index in [4.69, 9.17) is 0 Å². The Hall–Kier alpha value is -1.38. The predicted octanol–water partition coefficient (Wildman–Crippen LogP) is 2.27. The zero-order valence-electron chi connectivity index (χ0n) is 10.4. The molecule has 1 saturated heterocycles. The Labute approximate surface area is 103 Å². The normalized spacial score (nSPS) is 20.3. The lowest BCUT2D eigenvalue weighted by Crippen LogP contribution is -2.40. The van der Waals surface area contributed by atoms with Crippen LogP contribution >= 0.6 is 0 Å². The highest BCUT2D eigenvalue weighted by molar-refractivity contribution is 5.75. The molecule has 0 radical (unpaired) electrons. The molecule has 0 aliphatic carbocycles. The van der Waals surface area contributed by atoms with Crippen molar-refractivity contribution >= 4 is 5.91 Å². The molecule has 0 bridgehead atoms. The fourth-order valence-electron chi connectivity index (χ4n) is 2.50. The van der Waals surface area contributed by atoms with Gasteiger partial charge in [-0.3, -0.25) is 9.78 Å². The highest BCUT2D eigenvalue weighted by Gasteiger charge is 2.22. The minimum absolute atomic E-state index is 0.288. The number of carbonyl (C=O) groups excluding carboxylic acids is 1. The fourth-order valence-corrected chi connectivity index (χ4v) is 2.50. The minimum Gasteiger partial charge on any atom is -0.342 e. The fraction of sp³-hybridized carbons (Fsp3) is 0.571. The van der Waals surface area contributed by atoms with Crippen LogP contribution in [0.1, 0.15) is 31.9 Å². The van der Waals surface area contributed by atoms with Gasteiger partial charge in [0.25, 0.3) is 0 Å². The molecule has 1 atom stereocenters. The van der Waals surface area contributed by atoms with E-state index in [1.165, 1.54) is 6.42 Å². The molecule has 1 amide bonds. The van der Waals surface area contributed by atoms with E-state index in [9.17, 15) is 4.79 Å². The van der Waals surface area contributed by atoms with E-state index >= 15 is 0 Å². The number of nitrogens with zero attached hydrogens (tertiary/aromatic N) is 2. The Morgan fingerprint density at radius 1 is 1.53 bits per heavy atom. The minimum atomic E-state index is 0.288. The Balaban J connectivity index is 1.92. The standard InChI is InChI=1S/C14H20N2O/c1-2-14(17)16-9-5-6-12(11-16)10-13-7-3-4-8-15-13/h3-4,7-8,12H,2,5-6,9-11H2,1H3/t12-/m1/s1. The quantitative estimate of drug-likeness (QED) is 0.801. The monoisotopic (exact) mass is 232 g/mol. The number of likely N-dealkylation sites (tertiary alicyclic amines) is 1. The number of hydrogen-bond acceptors (Lipinski definition) is 2. The van der Waals surface area contributed by atoms with Crippen LogP contribution < -0.4 is 0 Å². The van der Waals surface area contributed by atoms with Crippen LogP contribution in [0.3, 0.4) is 0 Å². The molecule has 1 aromatic heterocycles. The maximum Gasteiger partial charge on any atom is 0.222 e. The number of aromatic nitrogens is 1. The summed E-state index contributed by atoms with van der Waals surface area (Å²) in [7, 11) is 0. The van der Waals surface area contributed by atoms with Crippen molar-refractivity contribution in [1.82, 2.24) is 9.88 Å². The van der Waals surface area contributed by atoms with E-state index in [2.05, 4.69) is 11.1 Å². The van der Waals surface area contributed by atoms with Crippen molar-refractivity contribution in [3.05, 3.63) is 30.1 Å². The molecule has 0 unspecified atom stereocenters. The molecule has 0 aromatic carbocycles. The Bertz CT molecular complexity index is 364. The molecule has 0 N–H and O–H groups in total. The highest BCUT2D eigenvalue weighted by atomic mass is 16.2. The molecule has 2 heterocycles. The van der Waals surface area contributed by atoms with Gasteiger partial charge in [-0.05, 0) is 37.3 Å². The Kier molecular flexibility index (Phi) is 4.13. The second-order valence-electron chi connectivity index (χ2n) is 4.73. The summed E-state index contributed by atoms with van der Waals surface area (Å²) in [5.41, 5.74) is 1.14. The summed E-state index contributed by atoms with van der Waals surface area (Å²) in [6, 6.07) is 6.04. The molecular weight excluding hydrogens is 212 g/mol. The second-order valence-corrected chi connectivity index (χ2v) is 4.73. The summed E-state index contributed by atoms with van der Waals surface area (Å²) in [4.78, 5) is 18.0. The van der Waals surface area contributed by atoms with Crippen LogP contribution in [0.5, 0.6) is 0 Å². The molecule has 0 saturated carbocycles. The average Bonchev–Trinajstić information content (AvgIpc) is 2.39. The molecule has 2 rings (SSSR count). The van der Waals surface area contributed by atoms with Crippen LogP contribution in [0.4, 0.5) is 0 Å². The maximum atomic E-state index is 11.7. The largest absolute Gasteiger partial charge is 0.342 e. The number of hydrogen-bond donors (Lipinski definition) is 0. The van der Waals surface area contributed by atoms with Crippen LogP contribution in [0.25, 0.3) is 0 Å². The third-order valence-corrected chi connectivity index (χ3v) is 3.40. The molecule has 1 aromatic rings. The topological polar surface area (TPSA) is 33.2 Å². The Morgan fingerprint density at radius 3 is 3.12 bits per heavy atom. The van der Waals surface area contributed by atoms with Crippen molar-refractivity contribution in [3.63, 3.8) is 0 Å². The number of amides is 1. The van der Waals surface area contributed by atoms with Crippen molar-refractivity contribution < 1.29 is 4.79 Å². The first-order valence-electron chi connectivity index (χ1n) is 6.47. The molecule has 3 nitrogen and oxygen atoms in total. The van der Waals surface area contributed by atoms with Gasteiger partial charge in [0.05, 0.1) is 0 Å².